The first-order valence-electron chi connectivity index (χ1n) is 9.45. The highest BCUT2D eigenvalue weighted by Gasteiger charge is 2.20. The Balaban J connectivity index is 1.81. The first-order chi connectivity index (χ1) is 15.2. The van der Waals surface area contributed by atoms with Crippen LogP contribution in [-0.4, -0.2) is 26.8 Å². The lowest BCUT2D eigenvalue weighted by molar-refractivity contribution is -0.137. The number of urea groups is 1. The predicted molar refractivity (Wildman–Crippen MR) is 122 cm³/mol. The van der Waals surface area contributed by atoms with E-state index in [1.54, 1.807) is 48.5 Å². The summed E-state index contributed by atoms with van der Waals surface area (Å²) in [6.07, 6.45) is 0.984. The molecule has 3 aromatic rings. The Kier molecular flexibility index (Phi) is 7.40. The van der Waals surface area contributed by atoms with Crippen molar-refractivity contribution in [3.05, 3.63) is 92.3 Å². The van der Waals surface area contributed by atoms with Crippen molar-refractivity contribution >= 4 is 40.9 Å². The van der Waals surface area contributed by atoms with Gasteiger partial charge in [-0.25, -0.2) is 4.79 Å². The van der Waals surface area contributed by atoms with Gasteiger partial charge in [0.2, 0.25) is 0 Å². The van der Waals surface area contributed by atoms with Crippen LogP contribution in [0.25, 0.3) is 0 Å². The average molecular weight is 476 g/mol. The number of aromatic nitrogens is 1. The van der Waals surface area contributed by atoms with Crippen molar-refractivity contribution in [2.75, 3.05) is 5.32 Å². The van der Waals surface area contributed by atoms with Crippen LogP contribution in [0.5, 0.6) is 5.75 Å². The molecule has 0 saturated heterocycles. The third-order valence-electron chi connectivity index (χ3n) is 4.64. The Morgan fingerprint density at radius 3 is 2.38 bits per heavy atom. The van der Waals surface area contributed by atoms with E-state index >= 15 is 0 Å². The zero-order chi connectivity index (χ0) is 23.3. The Morgan fingerprint density at radius 2 is 1.72 bits per heavy atom. The molecule has 166 valence electrons. The Bertz CT molecular complexity index is 1190. The number of aromatic hydroxyl groups is 1. The number of hydrogen-bond acceptors (Lipinski definition) is 4. The van der Waals surface area contributed by atoms with E-state index in [-0.39, 0.29) is 12.2 Å². The summed E-state index contributed by atoms with van der Waals surface area (Å²) in [4.78, 5) is 36.6. The number of carboxylic acids is 1. The molecule has 1 unspecified atom stereocenters. The van der Waals surface area contributed by atoms with Crippen LogP contribution >= 0.6 is 23.2 Å². The third kappa shape index (κ3) is 5.81. The van der Waals surface area contributed by atoms with Crippen molar-refractivity contribution in [1.82, 2.24) is 9.88 Å². The largest absolute Gasteiger partial charge is 0.505 e. The topological polar surface area (TPSA) is 121 Å². The quantitative estimate of drug-likeness (QED) is 0.407. The fourth-order valence-electron chi connectivity index (χ4n) is 3.05. The molecule has 0 spiro atoms. The maximum Gasteiger partial charge on any atom is 0.319 e. The van der Waals surface area contributed by atoms with Gasteiger partial charge >= 0.3 is 12.0 Å². The van der Waals surface area contributed by atoms with Crippen LogP contribution in [0.15, 0.2) is 65.6 Å². The van der Waals surface area contributed by atoms with Gasteiger partial charge in [0, 0.05) is 16.2 Å². The summed E-state index contributed by atoms with van der Waals surface area (Å²) < 4.78 is 1.28. The number of nitrogens with one attached hydrogen (secondary N) is 2. The van der Waals surface area contributed by atoms with Gasteiger partial charge in [0.1, 0.15) is 5.75 Å². The van der Waals surface area contributed by atoms with E-state index in [4.69, 9.17) is 23.2 Å². The molecule has 1 heterocycles. The third-order valence-corrected chi connectivity index (χ3v) is 5.26. The van der Waals surface area contributed by atoms with E-state index in [0.29, 0.717) is 21.2 Å². The van der Waals surface area contributed by atoms with Gasteiger partial charge in [-0.1, -0.05) is 53.5 Å². The van der Waals surface area contributed by atoms with E-state index in [1.165, 1.54) is 16.8 Å². The molecule has 1 atom stereocenters. The van der Waals surface area contributed by atoms with Gasteiger partial charge in [0.15, 0.2) is 5.69 Å². The minimum atomic E-state index is -1.13. The maximum atomic E-state index is 12.8. The summed E-state index contributed by atoms with van der Waals surface area (Å²) in [5, 5.41) is 25.1. The molecule has 8 nitrogen and oxygen atoms in total. The first-order valence-corrected chi connectivity index (χ1v) is 10.2. The molecule has 1 aromatic heterocycles. The van der Waals surface area contributed by atoms with E-state index in [0.717, 1.165) is 0 Å². The van der Waals surface area contributed by atoms with Gasteiger partial charge in [-0.05, 0) is 35.4 Å². The zero-order valence-corrected chi connectivity index (χ0v) is 18.1. The second-order valence-corrected chi connectivity index (χ2v) is 7.74. The summed E-state index contributed by atoms with van der Waals surface area (Å²) in [5.41, 5.74) is 0.200. The summed E-state index contributed by atoms with van der Waals surface area (Å²) in [7, 11) is 0. The number of halogens is 2. The molecule has 0 aliphatic carbocycles. The number of aliphatic carboxylic acids is 1. The Hall–Kier alpha value is -3.49. The maximum absolute atomic E-state index is 12.8. The number of carbonyl (C=O) groups excluding carboxylic acids is 1. The van der Waals surface area contributed by atoms with Gasteiger partial charge in [0.25, 0.3) is 5.56 Å². The standard InChI is InChI=1S/C22H19Cl2N3O5/c23-15-7-5-13(6-8-15)17(11-19(29)30)25-22(32)26-20-18(28)9-10-27(21(20)31)12-14-3-1-2-4-16(14)24/h1-10,17,28H,11-12H2,(H,29,30)(H2,25,26,32). The second-order valence-electron chi connectivity index (χ2n) is 6.90. The Morgan fingerprint density at radius 1 is 1.03 bits per heavy atom. The van der Waals surface area contributed by atoms with E-state index in [2.05, 4.69) is 10.6 Å². The van der Waals surface area contributed by atoms with Crippen molar-refractivity contribution in [2.24, 2.45) is 0 Å². The van der Waals surface area contributed by atoms with Crippen LogP contribution in [0.2, 0.25) is 10.0 Å². The van der Waals surface area contributed by atoms with Crippen molar-refractivity contribution in [1.29, 1.82) is 0 Å². The van der Waals surface area contributed by atoms with Crippen molar-refractivity contribution in [3.63, 3.8) is 0 Å². The fraction of sp³-hybridized carbons (Fsp3) is 0.136. The molecular weight excluding hydrogens is 457 g/mol. The van der Waals surface area contributed by atoms with Crippen LogP contribution in [0.1, 0.15) is 23.6 Å². The molecule has 0 radical (unpaired) electrons. The van der Waals surface area contributed by atoms with Crippen molar-refractivity contribution < 1.29 is 19.8 Å². The van der Waals surface area contributed by atoms with Gasteiger partial charge in [-0.2, -0.15) is 0 Å². The number of benzene rings is 2. The number of hydrogen-bond donors (Lipinski definition) is 4. The number of carboxylic acid groups (broad SMARTS) is 1. The molecule has 10 heteroatoms. The number of carbonyl (C=O) groups is 2. The first kappa shape index (κ1) is 23.2. The van der Waals surface area contributed by atoms with Crippen LogP contribution in [0, 0.1) is 0 Å². The molecular formula is C22H19Cl2N3O5. The zero-order valence-electron chi connectivity index (χ0n) is 16.6. The van der Waals surface area contributed by atoms with Gasteiger partial charge in [0.05, 0.1) is 19.0 Å². The van der Waals surface area contributed by atoms with Gasteiger partial charge < -0.3 is 25.4 Å². The lowest BCUT2D eigenvalue weighted by Gasteiger charge is -2.18. The molecule has 3 rings (SSSR count). The monoisotopic (exact) mass is 475 g/mol. The molecule has 0 bridgehead atoms. The number of anilines is 1. The van der Waals surface area contributed by atoms with Gasteiger partial charge in [-0.15, -0.1) is 0 Å². The molecule has 4 N–H and O–H groups in total. The molecule has 2 aromatic carbocycles. The second kappa shape index (κ2) is 10.2. The van der Waals surface area contributed by atoms with E-state index in [9.17, 15) is 24.6 Å². The highest BCUT2D eigenvalue weighted by atomic mass is 35.5. The summed E-state index contributed by atoms with van der Waals surface area (Å²) in [5.74, 6) is -1.56. The smallest absolute Gasteiger partial charge is 0.319 e. The molecule has 0 fully saturated rings. The van der Waals surface area contributed by atoms with Gasteiger partial charge in [-0.3, -0.25) is 9.59 Å². The van der Waals surface area contributed by atoms with Crippen LogP contribution < -0.4 is 16.2 Å². The minimum Gasteiger partial charge on any atom is -0.505 e. The Labute approximate surface area is 193 Å². The summed E-state index contributed by atoms with van der Waals surface area (Å²) >= 11 is 12.0. The summed E-state index contributed by atoms with van der Waals surface area (Å²) in [6.45, 7) is 0.126. The number of pyridine rings is 1. The minimum absolute atomic E-state index is 0.126. The van der Waals surface area contributed by atoms with E-state index in [1.807, 2.05) is 0 Å². The molecule has 32 heavy (non-hydrogen) atoms. The molecule has 2 amide bonds. The molecule has 0 aliphatic rings. The lowest BCUT2D eigenvalue weighted by atomic mass is 10.0. The lowest BCUT2D eigenvalue weighted by Crippen LogP contribution is -2.36. The molecule has 0 saturated carbocycles. The van der Waals surface area contributed by atoms with Crippen molar-refractivity contribution in [2.45, 2.75) is 19.0 Å². The molecule has 0 aliphatic heterocycles. The van der Waals surface area contributed by atoms with Crippen LogP contribution in [0.3, 0.4) is 0 Å². The van der Waals surface area contributed by atoms with Crippen LogP contribution in [-0.2, 0) is 11.3 Å². The highest BCUT2D eigenvalue weighted by molar-refractivity contribution is 6.31. The average Bonchev–Trinajstić information content (AvgIpc) is 2.74. The highest BCUT2D eigenvalue weighted by Crippen LogP contribution is 2.22. The summed E-state index contributed by atoms with van der Waals surface area (Å²) in [6, 6.07) is 12.8. The fourth-order valence-corrected chi connectivity index (χ4v) is 3.37. The van der Waals surface area contributed by atoms with Crippen molar-refractivity contribution in [3.8, 4) is 5.75 Å². The normalized spacial score (nSPS) is 11.6. The number of amides is 2. The predicted octanol–water partition coefficient (Wildman–Crippen LogP) is 4.25. The van der Waals surface area contributed by atoms with E-state index < -0.39 is 35.8 Å². The number of rotatable bonds is 7. The van der Waals surface area contributed by atoms with Crippen LogP contribution in [0.4, 0.5) is 10.5 Å². The number of nitrogens with zero attached hydrogens (tertiary/aromatic N) is 1. The SMILES string of the molecule is O=C(O)CC(NC(=O)Nc1c(O)ccn(Cc2ccccc2Cl)c1=O)c1ccc(Cl)cc1.